The van der Waals surface area contributed by atoms with Crippen LogP contribution in [0.25, 0.3) is 10.9 Å². The van der Waals surface area contributed by atoms with Gasteiger partial charge in [-0.05, 0) is 63.6 Å². The molecule has 0 bridgehead atoms. The van der Waals surface area contributed by atoms with Gasteiger partial charge >= 0.3 is 6.09 Å². The van der Waals surface area contributed by atoms with Gasteiger partial charge in [0.25, 0.3) is 0 Å². The number of fused-ring (bicyclic) bond motifs is 1. The van der Waals surface area contributed by atoms with Crippen molar-refractivity contribution in [3.05, 3.63) is 53.7 Å². The SMILES string of the molecule is Cc1cc(Oc2ccccc2O)c2cc(C#N)n(C(=O)OC(C)(C)C)c2c1. The number of nitriles is 1. The van der Waals surface area contributed by atoms with Crippen molar-refractivity contribution in [2.45, 2.75) is 33.3 Å². The van der Waals surface area contributed by atoms with E-state index in [1.54, 1.807) is 57.2 Å². The number of para-hydroxylation sites is 2. The number of hydrogen-bond acceptors (Lipinski definition) is 5. The number of carbonyl (C=O) groups is 1. The van der Waals surface area contributed by atoms with Crippen molar-refractivity contribution in [3.8, 4) is 23.3 Å². The van der Waals surface area contributed by atoms with E-state index < -0.39 is 11.7 Å². The van der Waals surface area contributed by atoms with Crippen LogP contribution in [0.5, 0.6) is 17.2 Å². The molecule has 0 spiro atoms. The second-order valence-corrected chi connectivity index (χ2v) is 7.22. The lowest BCUT2D eigenvalue weighted by Gasteiger charge is -2.20. The number of hydrogen-bond donors (Lipinski definition) is 1. The van der Waals surface area contributed by atoms with Gasteiger partial charge in [-0.3, -0.25) is 0 Å². The molecule has 27 heavy (non-hydrogen) atoms. The van der Waals surface area contributed by atoms with Crippen LogP contribution in [0, 0.1) is 18.3 Å². The Balaban J connectivity index is 2.17. The number of carbonyl (C=O) groups excluding carboxylic acids is 1. The zero-order chi connectivity index (χ0) is 19.8. The number of phenols is 1. The molecule has 3 aromatic rings. The smallest absolute Gasteiger partial charge is 0.420 e. The highest BCUT2D eigenvalue weighted by molar-refractivity contribution is 5.96. The number of nitrogens with zero attached hydrogens (tertiary/aromatic N) is 2. The molecule has 0 unspecified atom stereocenters. The van der Waals surface area contributed by atoms with Crippen molar-refractivity contribution >= 4 is 17.0 Å². The summed E-state index contributed by atoms with van der Waals surface area (Å²) >= 11 is 0. The first-order valence-corrected chi connectivity index (χ1v) is 8.45. The summed E-state index contributed by atoms with van der Waals surface area (Å²) in [5, 5.41) is 20.1. The molecule has 0 aliphatic carbocycles. The Morgan fingerprint density at radius 1 is 1.15 bits per heavy atom. The summed E-state index contributed by atoms with van der Waals surface area (Å²) in [6.07, 6.45) is -0.631. The lowest BCUT2D eigenvalue weighted by Crippen LogP contribution is -2.27. The van der Waals surface area contributed by atoms with Gasteiger partial charge in [-0.1, -0.05) is 12.1 Å². The van der Waals surface area contributed by atoms with Gasteiger partial charge in [0, 0.05) is 5.39 Å². The van der Waals surface area contributed by atoms with E-state index in [9.17, 15) is 15.2 Å². The molecule has 6 heteroatoms. The highest BCUT2D eigenvalue weighted by Gasteiger charge is 2.24. The highest BCUT2D eigenvalue weighted by atomic mass is 16.6. The first-order chi connectivity index (χ1) is 12.7. The molecular formula is C21H20N2O4. The van der Waals surface area contributed by atoms with Crippen LogP contribution in [0.2, 0.25) is 0 Å². The maximum absolute atomic E-state index is 12.7. The van der Waals surface area contributed by atoms with E-state index >= 15 is 0 Å². The molecule has 138 valence electrons. The number of benzene rings is 2. The molecule has 0 aliphatic heterocycles. The first kappa shape index (κ1) is 18.3. The van der Waals surface area contributed by atoms with Crippen LogP contribution in [0.15, 0.2) is 42.5 Å². The molecule has 1 heterocycles. The zero-order valence-corrected chi connectivity index (χ0v) is 15.6. The number of phenolic OH excluding ortho intramolecular Hbond substituents is 1. The van der Waals surface area contributed by atoms with E-state index in [1.165, 1.54) is 10.6 Å². The highest BCUT2D eigenvalue weighted by Crippen LogP contribution is 2.37. The summed E-state index contributed by atoms with van der Waals surface area (Å²) in [4.78, 5) is 12.7. The minimum Gasteiger partial charge on any atom is -0.504 e. The molecule has 0 saturated carbocycles. The first-order valence-electron chi connectivity index (χ1n) is 8.45. The van der Waals surface area contributed by atoms with Gasteiger partial charge in [0.05, 0.1) is 5.52 Å². The average Bonchev–Trinajstić information content (AvgIpc) is 2.94. The van der Waals surface area contributed by atoms with Crippen LogP contribution in [-0.2, 0) is 4.74 Å². The summed E-state index contributed by atoms with van der Waals surface area (Å²) in [5.74, 6) is 0.720. The quantitative estimate of drug-likeness (QED) is 0.683. The minimum absolute atomic E-state index is 0.000706. The molecule has 0 atom stereocenters. The van der Waals surface area contributed by atoms with Gasteiger partial charge in [-0.2, -0.15) is 5.26 Å². The van der Waals surface area contributed by atoms with Gasteiger partial charge < -0.3 is 14.6 Å². The van der Waals surface area contributed by atoms with Crippen molar-refractivity contribution in [1.82, 2.24) is 4.57 Å². The predicted molar refractivity (Wildman–Crippen MR) is 101 cm³/mol. The van der Waals surface area contributed by atoms with E-state index in [0.717, 1.165) is 5.56 Å². The summed E-state index contributed by atoms with van der Waals surface area (Å²) in [5.41, 5.74) is 0.790. The summed E-state index contributed by atoms with van der Waals surface area (Å²) in [6.45, 7) is 7.15. The fraction of sp³-hybridized carbons (Fsp3) is 0.238. The largest absolute Gasteiger partial charge is 0.504 e. The Hall–Kier alpha value is -3.46. The van der Waals surface area contributed by atoms with Gasteiger partial charge in [-0.25, -0.2) is 9.36 Å². The topological polar surface area (TPSA) is 84.5 Å². The number of rotatable bonds is 2. The molecule has 0 fully saturated rings. The number of aromatic nitrogens is 1. The fourth-order valence-electron chi connectivity index (χ4n) is 2.74. The molecule has 2 aromatic carbocycles. The van der Waals surface area contributed by atoms with E-state index in [4.69, 9.17) is 9.47 Å². The van der Waals surface area contributed by atoms with E-state index in [0.29, 0.717) is 16.7 Å². The van der Waals surface area contributed by atoms with Crippen molar-refractivity contribution in [3.63, 3.8) is 0 Å². The summed E-state index contributed by atoms with van der Waals surface area (Å²) < 4.78 is 12.6. The Morgan fingerprint density at radius 2 is 1.85 bits per heavy atom. The molecule has 0 saturated heterocycles. The number of aryl methyl sites for hydroxylation is 1. The van der Waals surface area contributed by atoms with E-state index in [1.807, 2.05) is 13.0 Å². The monoisotopic (exact) mass is 364 g/mol. The second-order valence-electron chi connectivity index (χ2n) is 7.22. The standard InChI is InChI=1S/C21H20N2O4/c1-13-9-16-15(19(10-13)26-18-8-6-5-7-17(18)24)11-14(12-22)23(16)20(25)27-21(2,3)4/h5-11,24H,1-4H3. The predicted octanol–water partition coefficient (Wildman–Crippen LogP) is 5.10. The van der Waals surface area contributed by atoms with Crippen LogP contribution in [0.4, 0.5) is 4.79 Å². The van der Waals surface area contributed by atoms with E-state index in [2.05, 4.69) is 0 Å². The van der Waals surface area contributed by atoms with Crippen molar-refractivity contribution in [2.75, 3.05) is 0 Å². The number of aromatic hydroxyl groups is 1. The average molecular weight is 364 g/mol. The minimum atomic E-state index is -0.695. The third-order valence-corrected chi connectivity index (χ3v) is 3.80. The maximum Gasteiger partial charge on any atom is 0.420 e. The third kappa shape index (κ3) is 3.72. The number of ether oxygens (including phenoxy) is 2. The Bertz CT molecular complexity index is 1070. The molecule has 3 rings (SSSR count). The van der Waals surface area contributed by atoms with Crippen LogP contribution in [-0.4, -0.2) is 21.4 Å². The molecule has 0 radical (unpaired) electrons. The lowest BCUT2D eigenvalue weighted by molar-refractivity contribution is 0.0543. The van der Waals surface area contributed by atoms with Crippen molar-refractivity contribution in [1.29, 1.82) is 5.26 Å². The Kier molecular flexibility index (Phi) is 4.54. The van der Waals surface area contributed by atoms with Crippen molar-refractivity contribution in [2.24, 2.45) is 0 Å². The third-order valence-electron chi connectivity index (χ3n) is 3.80. The molecule has 0 amide bonds. The molecular weight excluding hydrogens is 344 g/mol. The van der Waals surface area contributed by atoms with Gasteiger partial charge in [0.1, 0.15) is 23.1 Å². The second kappa shape index (κ2) is 6.69. The summed E-state index contributed by atoms with van der Waals surface area (Å²) in [7, 11) is 0. The molecule has 1 N–H and O–H groups in total. The molecule has 1 aromatic heterocycles. The van der Waals surface area contributed by atoms with Crippen LogP contribution in [0.1, 0.15) is 32.0 Å². The maximum atomic E-state index is 12.7. The van der Waals surface area contributed by atoms with Gasteiger partial charge in [0.2, 0.25) is 0 Å². The van der Waals surface area contributed by atoms with Crippen LogP contribution >= 0.6 is 0 Å². The summed E-state index contributed by atoms with van der Waals surface area (Å²) in [6, 6.07) is 13.8. The van der Waals surface area contributed by atoms with E-state index in [-0.39, 0.29) is 17.2 Å². The normalized spacial score (nSPS) is 11.2. The Labute approximate surface area is 157 Å². The van der Waals surface area contributed by atoms with Crippen molar-refractivity contribution < 1.29 is 19.4 Å². The van der Waals surface area contributed by atoms with Gasteiger partial charge in [0.15, 0.2) is 11.5 Å². The molecule has 0 aliphatic rings. The molecule has 6 nitrogen and oxygen atoms in total. The van der Waals surface area contributed by atoms with Crippen LogP contribution in [0.3, 0.4) is 0 Å². The van der Waals surface area contributed by atoms with Gasteiger partial charge in [-0.15, -0.1) is 0 Å². The fourth-order valence-corrected chi connectivity index (χ4v) is 2.74. The Morgan fingerprint density at radius 3 is 2.48 bits per heavy atom. The zero-order valence-electron chi connectivity index (χ0n) is 15.6. The van der Waals surface area contributed by atoms with Crippen LogP contribution < -0.4 is 4.74 Å². The lowest BCUT2D eigenvalue weighted by atomic mass is 10.1.